The molecule has 0 unspecified atom stereocenters. The Labute approximate surface area is 172 Å². The van der Waals surface area contributed by atoms with Crippen LogP contribution in [-0.4, -0.2) is 28.0 Å². The summed E-state index contributed by atoms with van der Waals surface area (Å²) in [6.07, 6.45) is 10.4. The van der Waals surface area contributed by atoms with Crippen LogP contribution in [0.25, 0.3) is 0 Å². The van der Waals surface area contributed by atoms with Gasteiger partial charge >= 0.3 is 0 Å². The van der Waals surface area contributed by atoms with Crippen molar-refractivity contribution in [3.8, 4) is 0 Å². The second-order valence-electron chi connectivity index (χ2n) is 8.36. The maximum absolute atomic E-state index is 4.79. The van der Waals surface area contributed by atoms with E-state index >= 15 is 0 Å². The lowest BCUT2D eigenvalue weighted by atomic mass is 9.71. The Hall–Kier alpha value is -2.04. The molecule has 0 spiro atoms. The lowest BCUT2D eigenvalue weighted by molar-refractivity contribution is 0.0567. The fraction of sp³-hybridized carbons (Fsp3) is 0.417. The van der Waals surface area contributed by atoms with Crippen LogP contribution >= 0.6 is 11.3 Å². The van der Waals surface area contributed by atoms with E-state index in [1.54, 1.807) is 0 Å². The van der Waals surface area contributed by atoms with Gasteiger partial charge in [-0.3, -0.25) is 14.9 Å². The largest absolute Gasteiger partial charge is 0.294 e. The average Bonchev–Trinajstić information content (AvgIpc) is 3.28. The Morgan fingerprint density at radius 3 is 2.54 bits per heavy atom. The number of piperidine rings is 1. The highest BCUT2D eigenvalue weighted by Crippen LogP contribution is 2.42. The topological polar surface area (TPSA) is 29.0 Å². The van der Waals surface area contributed by atoms with E-state index in [1.807, 2.05) is 42.1 Å². The van der Waals surface area contributed by atoms with Crippen molar-refractivity contribution < 1.29 is 0 Å². The number of aromatic nitrogens is 2. The minimum Gasteiger partial charge on any atom is -0.294 e. The molecule has 0 aromatic carbocycles. The molecule has 1 fully saturated rings. The molecule has 0 N–H and O–H groups in total. The summed E-state index contributed by atoms with van der Waals surface area (Å²) < 4.78 is 0. The van der Waals surface area contributed by atoms with Crippen LogP contribution in [0.2, 0.25) is 0 Å². The maximum atomic E-state index is 4.79. The summed E-state index contributed by atoms with van der Waals surface area (Å²) in [6, 6.07) is 15.1. The zero-order chi connectivity index (χ0) is 19.5. The Balaban J connectivity index is 1.53. The van der Waals surface area contributed by atoms with Gasteiger partial charge in [0.05, 0.1) is 0 Å². The molecule has 0 atom stereocenters. The van der Waals surface area contributed by atoms with Gasteiger partial charge < -0.3 is 0 Å². The molecule has 0 saturated carbocycles. The van der Waals surface area contributed by atoms with Crippen molar-refractivity contribution in [3.05, 3.63) is 82.6 Å². The third-order valence-electron chi connectivity index (χ3n) is 6.52. The van der Waals surface area contributed by atoms with Gasteiger partial charge in [0.15, 0.2) is 0 Å². The number of rotatable bonds is 6. The predicted octanol–water partition coefficient (Wildman–Crippen LogP) is 5.44. The standard InChI is InChI=1S/C24H29N3S/c1-23(2,20-7-5-14-25-19-20)27-16-12-24(13-17-27,22-9-3-4-15-26-22)11-10-21-8-6-18-28-21/h3-9,14-15,18-19H,10-13,16-17H2,1-2H3. The molecule has 1 aliphatic heterocycles. The summed E-state index contributed by atoms with van der Waals surface area (Å²) in [5.74, 6) is 0. The van der Waals surface area contributed by atoms with Gasteiger partial charge in [-0.2, -0.15) is 0 Å². The zero-order valence-corrected chi connectivity index (χ0v) is 17.7. The summed E-state index contributed by atoms with van der Waals surface area (Å²) in [7, 11) is 0. The highest BCUT2D eigenvalue weighted by Gasteiger charge is 2.41. The second kappa shape index (κ2) is 8.14. The van der Waals surface area contributed by atoms with Crippen molar-refractivity contribution in [3.63, 3.8) is 0 Å². The van der Waals surface area contributed by atoms with Crippen LogP contribution in [0, 0.1) is 0 Å². The van der Waals surface area contributed by atoms with Gasteiger partial charge in [-0.25, -0.2) is 0 Å². The normalized spacial score (nSPS) is 17.5. The zero-order valence-electron chi connectivity index (χ0n) is 16.8. The third-order valence-corrected chi connectivity index (χ3v) is 7.45. The van der Waals surface area contributed by atoms with Gasteiger partial charge in [0.2, 0.25) is 0 Å². The molecule has 3 aromatic rings. The van der Waals surface area contributed by atoms with Gasteiger partial charge in [0.25, 0.3) is 0 Å². The fourth-order valence-electron chi connectivity index (χ4n) is 4.53. The number of likely N-dealkylation sites (tertiary alicyclic amines) is 1. The highest BCUT2D eigenvalue weighted by molar-refractivity contribution is 7.09. The first-order valence-corrected chi connectivity index (χ1v) is 11.1. The van der Waals surface area contributed by atoms with Crippen LogP contribution in [0.5, 0.6) is 0 Å². The molecule has 0 radical (unpaired) electrons. The van der Waals surface area contributed by atoms with Crippen LogP contribution < -0.4 is 0 Å². The van der Waals surface area contributed by atoms with Gasteiger partial charge in [-0.15, -0.1) is 11.3 Å². The second-order valence-corrected chi connectivity index (χ2v) is 9.39. The SMILES string of the molecule is CC(C)(c1cccnc1)N1CCC(CCc2cccs2)(c2ccccn2)CC1. The molecule has 1 saturated heterocycles. The van der Waals surface area contributed by atoms with Crippen LogP contribution in [0.1, 0.15) is 49.2 Å². The van der Waals surface area contributed by atoms with Gasteiger partial charge in [0, 0.05) is 40.1 Å². The minimum atomic E-state index is -0.00170. The fourth-order valence-corrected chi connectivity index (χ4v) is 5.24. The number of pyridine rings is 2. The summed E-state index contributed by atoms with van der Waals surface area (Å²) in [5, 5.41) is 2.18. The lowest BCUT2D eigenvalue weighted by Crippen LogP contribution is -2.50. The van der Waals surface area contributed by atoms with Gasteiger partial charge in [-0.05, 0) is 87.8 Å². The van der Waals surface area contributed by atoms with Gasteiger partial charge in [-0.1, -0.05) is 18.2 Å². The molecule has 3 aromatic heterocycles. The minimum absolute atomic E-state index is 0.00170. The summed E-state index contributed by atoms with van der Waals surface area (Å²) in [5.41, 5.74) is 2.73. The summed E-state index contributed by atoms with van der Waals surface area (Å²) >= 11 is 1.87. The van der Waals surface area contributed by atoms with Crippen molar-refractivity contribution in [1.82, 2.24) is 14.9 Å². The molecule has 1 aliphatic rings. The number of thiophene rings is 1. The molecule has 0 aliphatic carbocycles. The first kappa shape index (κ1) is 19.3. The Bertz CT molecular complexity index is 851. The Kier molecular flexibility index (Phi) is 5.61. The van der Waals surface area contributed by atoms with E-state index in [4.69, 9.17) is 4.98 Å². The Morgan fingerprint density at radius 2 is 1.89 bits per heavy atom. The highest BCUT2D eigenvalue weighted by atomic mass is 32.1. The molecule has 0 amide bonds. The number of aryl methyl sites for hydroxylation is 1. The van der Waals surface area contributed by atoms with Crippen molar-refractivity contribution in [2.75, 3.05) is 13.1 Å². The van der Waals surface area contributed by atoms with Crippen LogP contribution in [0.15, 0.2) is 66.4 Å². The van der Waals surface area contributed by atoms with Gasteiger partial charge in [0.1, 0.15) is 0 Å². The van der Waals surface area contributed by atoms with E-state index in [2.05, 4.69) is 59.4 Å². The average molecular weight is 392 g/mol. The summed E-state index contributed by atoms with van der Waals surface area (Å²) in [6.45, 7) is 6.82. The third kappa shape index (κ3) is 3.89. The van der Waals surface area contributed by atoms with Crippen molar-refractivity contribution >= 4 is 11.3 Å². The quantitative estimate of drug-likeness (QED) is 0.560. The van der Waals surface area contributed by atoms with Crippen LogP contribution in [0.4, 0.5) is 0 Å². The first-order valence-electron chi connectivity index (χ1n) is 10.2. The molecule has 0 bridgehead atoms. The van der Waals surface area contributed by atoms with Crippen molar-refractivity contribution in [2.24, 2.45) is 0 Å². The van der Waals surface area contributed by atoms with E-state index < -0.39 is 0 Å². The predicted molar refractivity (Wildman–Crippen MR) is 117 cm³/mol. The molecule has 4 heteroatoms. The summed E-state index contributed by atoms with van der Waals surface area (Å²) in [4.78, 5) is 13.2. The first-order chi connectivity index (χ1) is 13.6. The maximum Gasteiger partial charge on any atom is 0.0466 e. The van der Waals surface area contributed by atoms with Crippen LogP contribution in [-0.2, 0) is 17.4 Å². The molecular weight excluding hydrogens is 362 g/mol. The molecule has 146 valence electrons. The molecule has 4 rings (SSSR count). The number of nitrogens with zero attached hydrogens (tertiary/aromatic N) is 3. The molecular formula is C24H29N3S. The van der Waals surface area contributed by atoms with E-state index in [9.17, 15) is 0 Å². The van der Waals surface area contributed by atoms with E-state index in [0.29, 0.717) is 0 Å². The number of hydrogen-bond acceptors (Lipinski definition) is 4. The van der Waals surface area contributed by atoms with E-state index in [0.717, 1.165) is 32.4 Å². The van der Waals surface area contributed by atoms with Crippen LogP contribution in [0.3, 0.4) is 0 Å². The molecule has 3 nitrogen and oxygen atoms in total. The molecule has 4 heterocycles. The lowest BCUT2D eigenvalue weighted by Gasteiger charge is -2.48. The van der Waals surface area contributed by atoms with Crippen molar-refractivity contribution in [2.45, 2.75) is 50.5 Å². The van der Waals surface area contributed by atoms with E-state index in [1.165, 1.54) is 22.6 Å². The number of hydrogen-bond donors (Lipinski definition) is 0. The smallest absolute Gasteiger partial charge is 0.0466 e. The molecule has 28 heavy (non-hydrogen) atoms. The monoisotopic (exact) mass is 391 g/mol. The van der Waals surface area contributed by atoms with Crippen molar-refractivity contribution in [1.29, 1.82) is 0 Å². The van der Waals surface area contributed by atoms with E-state index in [-0.39, 0.29) is 11.0 Å². The Morgan fingerprint density at radius 1 is 1.04 bits per heavy atom.